The first-order valence-corrected chi connectivity index (χ1v) is 7.12. The third-order valence-electron chi connectivity index (χ3n) is 4.29. The van der Waals surface area contributed by atoms with Gasteiger partial charge in [0, 0.05) is 6.61 Å². The molecule has 0 aromatic rings. The van der Waals surface area contributed by atoms with Gasteiger partial charge in [-0.1, -0.05) is 19.1 Å². The number of rotatable bonds is 5. The molecule has 1 aliphatic carbocycles. The van der Waals surface area contributed by atoms with Gasteiger partial charge in [-0.2, -0.15) is 0 Å². The quantitative estimate of drug-likeness (QED) is 0.741. The van der Waals surface area contributed by atoms with E-state index >= 15 is 0 Å². The molecule has 1 saturated carbocycles. The summed E-state index contributed by atoms with van der Waals surface area (Å²) < 4.78 is 5.72. The molecule has 1 aliphatic heterocycles. The summed E-state index contributed by atoms with van der Waals surface area (Å²) in [6.07, 6.45) is 4.15. The lowest BCUT2D eigenvalue weighted by Gasteiger charge is -2.29. The molecule has 0 bridgehead atoms. The predicted octanol–water partition coefficient (Wildman–Crippen LogP) is 1.37. The van der Waals surface area contributed by atoms with Gasteiger partial charge >= 0.3 is 0 Å². The number of hydrogen-bond acceptors (Lipinski definition) is 3. The Morgan fingerprint density at radius 1 is 1.50 bits per heavy atom. The van der Waals surface area contributed by atoms with Crippen LogP contribution in [0.25, 0.3) is 0 Å². The van der Waals surface area contributed by atoms with Gasteiger partial charge in [0.1, 0.15) is 0 Å². The largest absolute Gasteiger partial charge is 0.392 e. The summed E-state index contributed by atoms with van der Waals surface area (Å²) in [7, 11) is 0. The van der Waals surface area contributed by atoms with Crippen LogP contribution in [0.3, 0.4) is 0 Å². The molecule has 4 nitrogen and oxygen atoms in total. The van der Waals surface area contributed by atoms with Crippen molar-refractivity contribution in [2.75, 3.05) is 6.61 Å². The van der Waals surface area contributed by atoms with Crippen LogP contribution in [0.2, 0.25) is 0 Å². The van der Waals surface area contributed by atoms with Crippen LogP contribution in [0, 0.1) is 11.3 Å². The normalized spacial score (nSPS) is 30.8. The Hall–Kier alpha value is -0.680. The van der Waals surface area contributed by atoms with Crippen molar-refractivity contribution >= 4 is 23.1 Å². The highest BCUT2D eigenvalue weighted by atomic mass is 32.1. The standard InChI is InChI=1S/C13H22N2O2S/c1-3-13(2,11(14)18)12(16)15-9-6-7-17-10(9)8-4-5-8/h8-10H,3-7H2,1-2H3,(H2,14,18)(H,15,16). The van der Waals surface area contributed by atoms with E-state index in [1.165, 1.54) is 12.8 Å². The maximum absolute atomic E-state index is 12.3. The molecule has 18 heavy (non-hydrogen) atoms. The van der Waals surface area contributed by atoms with E-state index in [9.17, 15) is 4.79 Å². The number of hydrogen-bond donors (Lipinski definition) is 2. The van der Waals surface area contributed by atoms with Gasteiger partial charge in [-0.05, 0) is 38.5 Å². The number of amides is 1. The minimum atomic E-state index is -0.744. The second-order valence-electron chi connectivity index (χ2n) is 5.59. The number of thiocarbonyl (C=S) groups is 1. The van der Waals surface area contributed by atoms with E-state index in [1.54, 1.807) is 0 Å². The minimum Gasteiger partial charge on any atom is -0.392 e. The van der Waals surface area contributed by atoms with Crippen LogP contribution in [-0.4, -0.2) is 29.6 Å². The summed E-state index contributed by atoms with van der Waals surface area (Å²) in [4.78, 5) is 12.6. The highest BCUT2D eigenvalue weighted by Crippen LogP contribution is 2.39. The number of nitrogens with two attached hydrogens (primary N) is 1. The Labute approximate surface area is 114 Å². The Morgan fingerprint density at radius 2 is 2.17 bits per heavy atom. The van der Waals surface area contributed by atoms with Gasteiger partial charge in [-0.3, -0.25) is 4.79 Å². The lowest BCUT2D eigenvalue weighted by molar-refractivity contribution is -0.128. The Kier molecular flexibility index (Phi) is 3.92. The summed E-state index contributed by atoms with van der Waals surface area (Å²) in [6, 6.07) is 0.130. The van der Waals surface area contributed by atoms with Crippen LogP contribution in [0.4, 0.5) is 0 Å². The second-order valence-corrected chi connectivity index (χ2v) is 6.03. The maximum atomic E-state index is 12.3. The SMILES string of the molecule is CCC(C)(C(=O)NC1CCOC1C1CC1)C(N)=S. The van der Waals surface area contributed by atoms with E-state index in [2.05, 4.69) is 5.32 Å². The van der Waals surface area contributed by atoms with E-state index in [0.717, 1.165) is 13.0 Å². The zero-order valence-corrected chi connectivity index (χ0v) is 11.9. The van der Waals surface area contributed by atoms with Gasteiger partial charge in [-0.15, -0.1) is 0 Å². The lowest BCUT2D eigenvalue weighted by Crippen LogP contribution is -2.51. The smallest absolute Gasteiger partial charge is 0.233 e. The first kappa shape index (κ1) is 13.7. The fourth-order valence-corrected chi connectivity index (χ4v) is 2.67. The highest BCUT2D eigenvalue weighted by Gasteiger charge is 2.43. The molecule has 102 valence electrons. The van der Waals surface area contributed by atoms with E-state index in [4.69, 9.17) is 22.7 Å². The first-order valence-electron chi connectivity index (χ1n) is 6.71. The molecule has 5 heteroatoms. The molecule has 2 aliphatic rings. The van der Waals surface area contributed by atoms with Crippen molar-refractivity contribution in [3.8, 4) is 0 Å². The average molecular weight is 270 g/mol. The van der Waals surface area contributed by atoms with Crippen molar-refractivity contribution < 1.29 is 9.53 Å². The Morgan fingerprint density at radius 3 is 2.67 bits per heavy atom. The highest BCUT2D eigenvalue weighted by molar-refractivity contribution is 7.80. The first-order chi connectivity index (χ1) is 8.49. The summed E-state index contributed by atoms with van der Waals surface area (Å²) in [6.45, 7) is 4.48. The van der Waals surface area contributed by atoms with Gasteiger partial charge < -0.3 is 15.8 Å². The average Bonchev–Trinajstić information content (AvgIpc) is 3.09. The van der Waals surface area contributed by atoms with Crippen molar-refractivity contribution in [1.29, 1.82) is 0 Å². The fraction of sp³-hybridized carbons (Fsp3) is 0.846. The molecule has 2 rings (SSSR count). The van der Waals surface area contributed by atoms with Crippen LogP contribution in [-0.2, 0) is 9.53 Å². The summed E-state index contributed by atoms with van der Waals surface area (Å²) in [5.41, 5.74) is 4.96. The van der Waals surface area contributed by atoms with Crippen LogP contribution in [0.1, 0.15) is 39.5 Å². The molecule has 0 aromatic heterocycles. The van der Waals surface area contributed by atoms with Crippen molar-refractivity contribution in [3.63, 3.8) is 0 Å². The summed E-state index contributed by atoms with van der Waals surface area (Å²) in [5.74, 6) is 0.578. The van der Waals surface area contributed by atoms with Gasteiger partial charge in [0.05, 0.1) is 22.5 Å². The molecule has 0 radical (unpaired) electrons. The Balaban J connectivity index is 1.99. The van der Waals surface area contributed by atoms with Crippen LogP contribution in [0.15, 0.2) is 0 Å². The number of ether oxygens (including phenoxy) is 1. The molecule has 2 fully saturated rings. The monoisotopic (exact) mass is 270 g/mol. The lowest BCUT2D eigenvalue weighted by atomic mass is 9.86. The van der Waals surface area contributed by atoms with Gasteiger partial charge in [0.2, 0.25) is 5.91 Å². The number of carbonyl (C=O) groups is 1. The maximum Gasteiger partial charge on any atom is 0.233 e. The van der Waals surface area contributed by atoms with E-state index < -0.39 is 5.41 Å². The van der Waals surface area contributed by atoms with Crippen molar-refractivity contribution in [1.82, 2.24) is 5.32 Å². The minimum absolute atomic E-state index is 0.0568. The molecule has 3 unspecified atom stereocenters. The van der Waals surface area contributed by atoms with Gasteiger partial charge in [-0.25, -0.2) is 0 Å². The van der Waals surface area contributed by atoms with E-state index in [0.29, 0.717) is 12.3 Å². The predicted molar refractivity (Wildman–Crippen MR) is 74.2 cm³/mol. The molecular formula is C13H22N2O2S. The second kappa shape index (κ2) is 5.13. The number of carbonyl (C=O) groups excluding carboxylic acids is 1. The summed E-state index contributed by atoms with van der Waals surface area (Å²) >= 11 is 5.03. The van der Waals surface area contributed by atoms with Crippen LogP contribution >= 0.6 is 12.2 Å². The van der Waals surface area contributed by atoms with Gasteiger partial charge in [0.25, 0.3) is 0 Å². The van der Waals surface area contributed by atoms with Crippen molar-refractivity contribution in [2.24, 2.45) is 17.1 Å². The molecule has 3 N–H and O–H groups in total. The third kappa shape index (κ3) is 2.52. The molecule has 0 spiro atoms. The molecule has 1 heterocycles. The Bertz CT molecular complexity index is 357. The zero-order chi connectivity index (χ0) is 13.3. The van der Waals surface area contributed by atoms with Gasteiger partial charge in [0.15, 0.2) is 0 Å². The van der Waals surface area contributed by atoms with Crippen molar-refractivity contribution in [2.45, 2.75) is 51.7 Å². The van der Waals surface area contributed by atoms with E-state index in [1.807, 2.05) is 13.8 Å². The van der Waals surface area contributed by atoms with E-state index in [-0.39, 0.29) is 23.0 Å². The number of nitrogens with one attached hydrogen (secondary N) is 1. The van der Waals surface area contributed by atoms with Crippen LogP contribution in [0.5, 0.6) is 0 Å². The fourth-order valence-electron chi connectivity index (χ4n) is 2.43. The van der Waals surface area contributed by atoms with Crippen LogP contribution < -0.4 is 11.1 Å². The molecule has 1 amide bonds. The molecule has 0 aromatic carbocycles. The zero-order valence-electron chi connectivity index (χ0n) is 11.1. The third-order valence-corrected chi connectivity index (χ3v) is 4.74. The molecular weight excluding hydrogens is 248 g/mol. The summed E-state index contributed by atoms with van der Waals surface area (Å²) in [5, 5.41) is 3.09. The molecule has 1 saturated heterocycles. The molecule has 3 atom stereocenters. The van der Waals surface area contributed by atoms with Crippen molar-refractivity contribution in [3.05, 3.63) is 0 Å². The topological polar surface area (TPSA) is 64.3 Å².